The molecule has 0 saturated carbocycles. The van der Waals surface area contributed by atoms with Crippen molar-refractivity contribution in [2.45, 2.75) is 57.7 Å². The molecule has 1 rings (SSSR count). The molecular formula is C12H21N3O2S. The molecule has 0 aliphatic rings. The van der Waals surface area contributed by atoms with Crippen molar-refractivity contribution in [3.8, 4) is 0 Å². The molecule has 0 aliphatic carbocycles. The Morgan fingerprint density at radius 2 is 2.11 bits per heavy atom. The molecular weight excluding hydrogens is 250 g/mol. The van der Waals surface area contributed by atoms with Gasteiger partial charge in [0.05, 0.1) is 5.75 Å². The Balaban J connectivity index is 2.75. The van der Waals surface area contributed by atoms with Crippen LogP contribution in [0.25, 0.3) is 0 Å². The molecule has 1 N–H and O–H groups in total. The Morgan fingerprint density at radius 1 is 1.39 bits per heavy atom. The van der Waals surface area contributed by atoms with Crippen molar-refractivity contribution in [1.29, 1.82) is 0 Å². The molecule has 0 aromatic carbocycles. The zero-order chi connectivity index (χ0) is 13.5. The predicted molar refractivity (Wildman–Crippen MR) is 72.0 cm³/mol. The minimum atomic E-state index is -0.828. The van der Waals surface area contributed by atoms with Gasteiger partial charge in [-0.15, -0.1) is 10.2 Å². The van der Waals surface area contributed by atoms with Crippen LogP contribution in [0.2, 0.25) is 0 Å². The molecule has 0 amide bonds. The molecule has 0 spiro atoms. The fourth-order valence-corrected chi connectivity index (χ4v) is 2.56. The number of carboxylic acid groups (broad SMARTS) is 1. The summed E-state index contributed by atoms with van der Waals surface area (Å²) in [5.41, 5.74) is 0. The Labute approximate surface area is 112 Å². The van der Waals surface area contributed by atoms with Crippen molar-refractivity contribution in [2.24, 2.45) is 0 Å². The summed E-state index contributed by atoms with van der Waals surface area (Å²) >= 11 is 1.23. The highest BCUT2D eigenvalue weighted by Gasteiger charge is 2.15. The largest absolute Gasteiger partial charge is 0.481 e. The van der Waals surface area contributed by atoms with Crippen LogP contribution in [0, 0.1) is 0 Å². The van der Waals surface area contributed by atoms with Gasteiger partial charge in [-0.3, -0.25) is 4.79 Å². The first-order valence-electron chi connectivity index (χ1n) is 6.34. The lowest BCUT2D eigenvalue weighted by atomic mass is 10.2. The molecule has 18 heavy (non-hydrogen) atoms. The van der Waals surface area contributed by atoms with Gasteiger partial charge < -0.3 is 9.67 Å². The lowest BCUT2D eigenvalue weighted by molar-refractivity contribution is -0.133. The highest BCUT2D eigenvalue weighted by molar-refractivity contribution is 7.99. The third-order valence-electron chi connectivity index (χ3n) is 2.58. The number of aliphatic carboxylic acids is 1. The van der Waals surface area contributed by atoms with Gasteiger partial charge in [-0.1, -0.05) is 31.5 Å². The number of aryl methyl sites for hydroxylation is 1. The topological polar surface area (TPSA) is 68.0 Å². The molecule has 0 fully saturated rings. The van der Waals surface area contributed by atoms with E-state index in [2.05, 4.69) is 31.0 Å². The zero-order valence-corrected chi connectivity index (χ0v) is 12.0. The number of hydrogen-bond donors (Lipinski definition) is 1. The molecule has 0 radical (unpaired) electrons. The maximum absolute atomic E-state index is 10.6. The van der Waals surface area contributed by atoms with Crippen molar-refractivity contribution in [1.82, 2.24) is 14.8 Å². The minimum absolute atomic E-state index is 0.0276. The molecule has 5 nitrogen and oxygen atoms in total. The Morgan fingerprint density at radius 3 is 2.67 bits per heavy atom. The number of rotatable bonds is 8. The summed E-state index contributed by atoms with van der Waals surface area (Å²) < 4.78 is 2.04. The first-order chi connectivity index (χ1) is 8.56. The number of thioether (sulfide) groups is 1. The van der Waals surface area contributed by atoms with E-state index in [0.717, 1.165) is 18.7 Å². The summed E-state index contributed by atoms with van der Waals surface area (Å²) in [4.78, 5) is 10.6. The monoisotopic (exact) mass is 271 g/mol. The third kappa shape index (κ3) is 4.33. The predicted octanol–water partition coefficient (Wildman–Crippen LogP) is 2.77. The van der Waals surface area contributed by atoms with Crippen LogP contribution >= 0.6 is 11.8 Å². The standard InChI is InChI=1S/C12H21N3O2S/c1-4-5-6-7-10-13-14-12(15(10)9(2)3)18-8-11(16)17/h9H,4-8H2,1-3H3,(H,16,17). The van der Waals surface area contributed by atoms with Gasteiger partial charge in [-0.25, -0.2) is 0 Å². The summed E-state index contributed by atoms with van der Waals surface area (Å²) in [5.74, 6) is 0.164. The Hall–Kier alpha value is -1.04. The van der Waals surface area contributed by atoms with Crippen molar-refractivity contribution >= 4 is 17.7 Å². The molecule has 0 aliphatic heterocycles. The molecule has 0 bridgehead atoms. The lowest BCUT2D eigenvalue weighted by Crippen LogP contribution is -2.09. The normalized spacial score (nSPS) is 11.1. The van der Waals surface area contributed by atoms with Crippen LogP contribution in [0.5, 0.6) is 0 Å². The Kier molecular flexibility index (Phi) is 6.18. The first kappa shape index (κ1) is 15.0. The average Bonchev–Trinajstić information content (AvgIpc) is 2.70. The van der Waals surface area contributed by atoms with E-state index in [9.17, 15) is 4.79 Å². The van der Waals surface area contributed by atoms with E-state index >= 15 is 0 Å². The second kappa shape index (κ2) is 7.41. The molecule has 102 valence electrons. The van der Waals surface area contributed by atoms with Crippen molar-refractivity contribution < 1.29 is 9.90 Å². The van der Waals surface area contributed by atoms with Crippen LogP contribution in [0.3, 0.4) is 0 Å². The van der Waals surface area contributed by atoms with Crippen LogP contribution in [0.4, 0.5) is 0 Å². The number of carbonyl (C=O) groups is 1. The SMILES string of the molecule is CCCCCc1nnc(SCC(=O)O)n1C(C)C. The maximum Gasteiger partial charge on any atom is 0.313 e. The first-order valence-corrected chi connectivity index (χ1v) is 7.33. The molecule has 1 aromatic rings. The van der Waals surface area contributed by atoms with Gasteiger partial charge in [0, 0.05) is 12.5 Å². The molecule has 0 saturated heterocycles. The number of nitrogens with zero attached hydrogens (tertiary/aromatic N) is 3. The Bertz CT molecular complexity index is 391. The van der Waals surface area contributed by atoms with Crippen molar-refractivity contribution in [3.05, 3.63) is 5.82 Å². The van der Waals surface area contributed by atoms with E-state index in [1.165, 1.54) is 24.6 Å². The highest BCUT2D eigenvalue weighted by atomic mass is 32.2. The van der Waals surface area contributed by atoms with E-state index in [1.54, 1.807) is 0 Å². The molecule has 1 aromatic heterocycles. The molecule has 0 unspecified atom stereocenters. The second-order valence-electron chi connectivity index (χ2n) is 4.50. The van der Waals surface area contributed by atoms with Crippen molar-refractivity contribution in [3.63, 3.8) is 0 Å². The fraction of sp³-hybridized carbons (Fsp3) is 0.750. The van der Waals surface area contributed by atoms with E-state index in [1.807, 2.05) is 4.57 Å². The van der Waals surface area contributed by atoms with E-state index < -0.39 is 5.97 Å². The van der Waals surface area contributed by atoms with Gasteiger partial charge in [0.25, 0.3) is 0 Å². The summed E-state index contributed by atoms with van der Waals surface area (Å²) in [6.07, 6.45) is 4.37. The third-order valence-corrected chi connectivity index (χ3v) is 3.51. The fourth-order valence-electron chi connectivity index (χ4n) is 1.75. The van der Waals surface area contributed by atoms with Gasteiger partial charge in [0.2, 0.25) is 0 Å². The summed E-state index contributed by atoms with van der Waals surface area (Å²) in [6, 6.07) is 0.257. The van der Waals surface area contributed by atoms with Crippen molar-refractivity contribution in [2.75, 3.05) is 5.75 Å². The van der Waals surface area contributed by atoms with E-state index in [4.69, 9.17) is 5.11 Å². The average molecular weight is 271 g/mol. The van der Waals surface area contributed by atoms with Gasteiger partial charge >= 0.3 is 5.97 Å². The van der Waals surface area contributed by atoms with Crippen LogP contribution in [0.1, 0.15) is 51.9 Å². The summed E-state index contributed by atoms with van der Waals surface area (Å²) in [7, 11) is 0. The van der Waals surface area contributed by atoms with E-state index in [-0.39, 0.29) is 11.8 Å². The maximum atomic E-state index is 10.6. The van der Waals surface area contributed by atoms with Crippen LogP contribution in [-0.4, -0.2) is 31.6 Å². The molecule has 1 heterocycles. The molecule has 0 atom stereocenters. The van der Waals surface area contributed by atoms with E-state index in [0.29, 0.717) is 5.16 Å². The quantitative estimate of drug-likeness (QED) is 0.581. The summed E-state index contributed by atoms with van der Waals surface area (Å²) in [5, 5.41) is 17.7. The van der Waals surface area contributed by atoms with Crippen LogP contribution in [0.15, 0.2) is 5.16 Å². The van der Waals surface area contributed by atoms with Gasteiger partial charge in [0.1, 0.15) is 5.82 Å². The second-order valence-corrected chi connectivity index (χ2v) is 5.44. The van der Waals surface area contributed by atoms with Gasteiger partial charge in [-0.05, 0) is 20.3 Å². The van der Waals surface area contributed by atoms with Gasteiger partial charge in [-0.2, -0.15) is 0 Å². The smallest absolute Gasteiger partial charge is 0.313 e. The van der Waals surface area contributed by atoms with Gasteiger partial charge in [0.15, 0.2) is 5.16 Å². The number of hydrogen-bond acceptors (Lipinski definition) is 4. The zero-order valence-electron chi connectivity index (χ0n) is 11.2. The minimum Gasteiger partial charge on any atom is -0.481 e. The number of carboxylic acids is 1. The lowest BCUT2D eigenvalue weighted by Gasteiger charge is -2.13. The molecule has 6 heteroatoms. The van der Waals surface area contributed by atoms with Crippen LogP contribution in [-0.2, 0) is 11.2 Å². The van der Waals surface area contributed by atoms with Crippen LogP contribution < -0.4 is 0 Å². The number of aromatic nitrogens is 3. The summed E-state index contributed by atoms with van der Waals surface area (Å²) in [6.45, 7) is 6.30. The number of unbranched alkanes of at least 4 members (excludes halogenated alkanes) is 2. The highest BCUT2D eigenvalue weighted by Crippen LogP contribution is 2.22.